The standard InChI is InChI=1S/C19H22N4O2S/c1-12(2)18(24)20-14-7-9-15(10-8-14)23-17(16-6-5-11-26-16)21-19(22-23)25-13(3)4/h5-13H,1-4H3,(H,20,24). The molecule has 26 heavy (non-hydrogen) atoms. The zero-order valence-corrected chi connectivity index (χ0v) is 16.1. The van der Waals surface area contributed by atoms with E-state index < -0.39 is 0 Å². The lowest BCUT2D eigenvalue weighted by atomic mass is 10.2. The van der Waals surface area contributed by atoms with Crippen molar-refractivity contribution in [2.75, 3.05) is 5.32 Å². The highest BCUT2D eigenvalue weighted by molar-refractivity contribution is 7.13. The fourth-order valence-electron chi connectivity index (χ4n) is 2.27. The number of carbonyl (C=O) groups excluding carboxylic acids is 1. The van der Waals surface area contributed by atoms with Gasteiger partial charge in [0.2, 0.25) is 5.91 Å². The van der Waals surface area contributed by atoms with Crippen LogP contribution < -0.4 is 10.1 Å². The zero-order chi connectivity index (χ0) is 18.7. The molecular formula is C19H22N4O2S. The van der Waals surface area contributed by atoms with Gasteiger partial charge in [-0.1, -0.05) is 19.9 Å². The van der Waals surface area contributed by atoms with Crippen molar-refractivity contribution in [1.29, 1.82) is 0 Å². The number of rotatable bonds is 6. The Labute approximate surface area is 156 Å². The Balaban J connectivity index is 1.92. The SMILES string of the molecule is CC(C)Oc1nc(-c2cccs2)n(-c2ccc(NC(=O)C(C)C)cc2)n1. The maximum absolute atomic E-state index is 11.8. The van der Waals surface area contributed by atoms with Gasteiger partial charge < -0.3 is 10.1 Å². The first-order valence-corrected chi connectivity index (χ1v) is 9.41. The van der Waals surface area contributed by atoms with Crippen molar-refractivity contribution in [3.8, 4) is 22.4 Å². The Morgan fingerprint density at radius 1 is 1.15 bits per heavy atom. The van der Waals surface area contributed by atoms with Gasteiger partial charge in [-0.25, -0.2) is 4.68 Å². The summed E-state index contributed by atoms with van der Waals surface area (Å²) in [5.41, 5.74) is 1.60. The van der Waals surface area contributed by atoms with Gasteiger partial charge in [0.15, 0.2) is 5.82 Å². The average molecular weight is 370 g/mol. The molecule has 1 aromatic carbocycles. The minimum absolute atomic E-state index is 0.00402. The Morgan fingerprint density at radius 2 is 1.88 bits per heavy atom. The van der Waals surface area contributed by atoms with Gasteiger partial charge in [-0.15, -0.1) is 16.4 Å². The third-order valence-electron chi connectivity index (χ3n) is 3.57. The summed E-state index contributed by atoms with van der Waals surface area (Å²) in [4.78, 5) is 17.4. The van der Waals surface area contributed by atoms with Crippen molar-refractivity contribution < 1.29 is 9.53 Å². The Morgan fingerprint density at radius 3 is 2.46 bits per heavy atom. The number of nitrogens with one attached hydrogen (secondary N) is 1. The number of anilines is 1. The van der Waals surface area contributed by atoms with E-state index in [-0.39, 0.29) is 17.9 Å². The quantitative estimate of drug-likeness (QED) is 0.699. The third kappa shape index (κ3) is 4.11. The molecule has 0 aliphatic rings. The van der Waals surface area contributed by atoms with Gasteiger partial charge in [-0.05, 0) is 49.6 Å². The van der Waals surface area contributed by atoms with Crippen molar-refractivity contribution in [2.45, 2.75) is 33.8 Å². The highest BCUT2D eigenvalue weighted by Crippen LogP contribution is 2.28. The van der Waals surface area contributed by atoms with E-state index >= 15 is 0 Å². The van der Waals surface area contributed by atoms with Crippen LogP contribution in [-0.4, -0.2) is 26.8 Å². The number of benzene rings is 1. The van der Waals surface area contributed by atoms with Crippen LogP contribution in [0.1, 0.15) is 27.7 Å². The summed E-state index contributed by atoms with van der Waals surface area (Å²) in [5, 5.41) is 9.39. The molecule has 0 saturated heterocycles. The van der Waals surface area contributed by atoms with E-state index in [0.717, 1.165) is 22.1 Å². The molecule has 0 saturated carbocycles. The van der Waals surface area contributed by atoms with Crippen LogP contribution in [0.4, 0.5) is 5.69 Å². The minimum atomic E-state index is -0.0637. The van der Waals surface area contributed by atoms with E-state index in [1.807, 2.05) is 69.5 Å². The van der Waals surface area contributed by atoms with Crippen LogP contribution in [0, 0.1) is 5.92 Å². The van der Waals surface area contributed by atoms with Crippen molar-refractivity contribution in [1.82, 2.24) is 14.8 Å². The molecule has 0 radical (unpaired) electrons. The first kappa shape index (κ1) is 18.1. The second kappa shape index (κ2) is 7.70. The molecule has 3 rings (SSSR count). The Hall–Kier alpha value is -2.67. The van der Waals surface area contributed by atoms with E-state index in [4.69, 9.17) is 4.74 Å². The lowest BCUT2D eigenvalue weighted by Crippen LogP contribution is -2.17. The molecule has 0 aliphatic heterocycles. The first-order chi connectivity index (χ1) is 12.4. The van der Waals surface area contributed by atoms with E-state index in [1.165, 1.54) is 0 Å². The maximum atomic E-state index is 11.8. The van der Waals surface area contributed by atoms with Crippen molar-refractivity contribution in [3.63, 3.8) is 0 Å². The number of ether oxygens (including phenoxy) is 1. The monoisotopic (exact) mass is 370 g/mol. The van der Waals surface area contributed by atoms with Gasteiger partial charge in [0.1, 0.15) is 0 Å². The minimum Gasteiger partial charge on any atom is -0.460 e. The molecule has 7 heteroatoms. The van der Waals surface area contributed by atoms with Gasteiger partial charge in [-0.2, -0.15) is 4.98 Å². The van der Waals surface area contributed by atoms with Crippen molar-refractivity contribution in [3.05, 3.63) is 41.8 Å². The largest absolute Gasteiger partial charge is 0.460 e. The van der Waals surface area contributed by atoms with Gasteiger partial charge in [-0.3, -0.25) is 4.79 Å². The molecule has 0 spiro atoms. The number of aromatic nitrogens is 3. The molecule has 0 bridgehead atoms. The maximum Gasteiger partial charge on any atom is 0.336 e. The van der Waals surface area contributed by atoms with Crippen LogP contribution in [0.2, 0.25) is 0 Å². The molecule has 0 fully saturated rings. The van der Waals surface area contributed by atoms with Gasteiger partial charge in [0.05, 0.1) is 16.7 Å². The summed E-state index contributed by atoms with van der Waals surface area (Å²) in [5.74, 6) is 0.658. The van der Waals surface area contributed by atoms with Crippen molar-refractivity contribution in [2.24, 2.45) is 5.92 Å². The normalized spacial score (nSPS) is 11.2. The average Bonchev–Trinajstić information content (AvgIpc) is 3.24. The summed E-state index contributed by atoms with van der Waals surface area (Å²) in [7, 11) is 0. The third-order valence-corrected chi connectivity index (χ3v) is 4.44. The summed E-state index contributed by atoms with van der Waals surface area (Å²) >= 11 is 1.60. The molecule has 0 unspecified atom stereocenters. The fourth-order valence-corrected chi connectivity index (χ4v) is 2.97. The van der Waals surface area contributed by atoms with Crippen LogP contribution in [0.25, 0.3) is 16.4 Å². The highest BCUT2D eigenvalue weighted by atomic mass is 32.1. The molecule has 0 atom stereocenters. The molecule has 0 aliphatic carbocycles. The summed E-state index contributed by atoms with van der Waals surface area (Å²) in [6.45, 7) is 7.61. The predicted molar refractivity (Wildman–Crippen MR) is 104 cm³/mol. The lowest BCUT2D eigenvalue weighted by Gasteiger charge is -2.09. The van der Waals surface area contributed by atoms with Crippen LogP contribution in [0.5, 0.6) is 6.01 Å². The fraction of sp³-hybridized carbons (Fsp3) is 0.316. The summed E-state index contributed by atoms with van der Waals surface area (Å²) < 4.78 is 7.42. The van der Waals surface area contributed by atoms with Crippen LogP contribution in [0.3, 0.4) is 0 Å². The molecular weight excluding hydrogens is 348 g/mol. The Kier molecular flexibility index (Phi) is 5.37. The molecule has 6 nitrogen and oxygen atoms in total. The number of hydrogen-bond donors (Lipinski definition) is 1. The molecule has 2 aromatic heterocycles. The van der Waals surface area contributed by atoms with E-state index in [1.54, 1.807) is 16.0 Å². The second-order valence-electron chi connectivity index (χ2n) is 6.46. The predicted octanol–water partition coefficient (Wildman–Crippen LogP) is 4.38. The van der Waals surface area contributed by atoms with Gasteiger partial charge in [0, 0.05) is 11.6 Å². The molecule has 136 valence electrons. The number of nitrogens with zero attached hydrogens (tertiary/aromatic N) is 3. The zero-order valence-electron chi connectivity index (χ0n) is 15.3. The molecule has 1 N–H and O–H groups in total. The van der Waals surface area contributed by atoms with Crippen molar-refractivity contribution >= 4 is 22.9 Å². The summed E-state index contributed by atoms with van der Waals surface area (Å²) in [6.07, 6.45) is -0.00402. The van der Waals surface area contributed by atoms with E-state index in [2.05, 4.69) is 15.4 Å². The van der Waals surface area contributed by atoms with Gasteiger partial charge >= 0.3 is 6.01 Å². The summed E-state index contributed by atoms with van der Waals surface area (Å²) in [6, 6.07) is 11.9. The second-order valence-corrected chi connectivity index (χ2v) is 7.41. The molecule has 1 amide bonds. The smallest absolute Gasteiger partial charge is 0.336 e. The van der Waals surface area contributed by atoms with E-state index in [0.29, 0.717) is 6.01 Å². The topological polar surface area (TPSA) is 69.0 Å². The van der Waals surface area contributed by atoms with Crippen LogP contribution >= 0.6 is 11.3 Å². The molecule has 2 heterocycles. The first-order valence-electron chi connectivity index (χ1n) is 8.53. The number of amides is 1. The Bertz CT molecular complexity index is 868. The van der Waals surface area contributed by atoms with Crippen LogP contribution in [-0.2, 0) is 4.79 Å². The van der Waals surface area contributed by atoms with E-state index in [9.17, 15) is 4.79 Å². The highest BCUT2D eigenvalue weighted by Gasteiger charge is 2.16. The number of carbonyl (C=O) groups is 1. The lowest BCUT2D eigenvalue weighted by molar-refractivity contribution is -0.118. The van der Waals surface area contributed by atoms with Gasteiger partial charge in [0.25, 0.3) is 0 Å². The molecule has 3 aromatic rings. The number of hydrogen-bond acceptors (Lipinski definition) is 5. The number of thiophene rings is 1. The van der Waals surface area contributed by atoms with Crippen LogP contribution in [0.15, 0.2) is 41.8 Å².